The number of nitrogens with one attached hydrogen (secondary N) is 2. The van der Waals surface area contributed by atoms with Gasteiger partial charge in [0.1, 0.15) is 12.1 Å². The van der Waals surface area contributed by atoms with E-state index in [0.717, 1.165) is 42.1 Å². The molecule has 0 radical (unpaired) electrons. The average molecular weight is 493 g/mol. The van der Waals surface area contributed by atoms with Crippen LogP contribution in [0.2, 0.25) is 0 Å². The van der Waals surface area contributed by atoms with Crippen LogP contribution in [0.4, 0.5) is 5.82 Å². The highest BCUT2D eigenvalue weighted by atomic mass is 79.9. The number of halogens is 1. The molecule has 0 unspecified atom stereocenters. The van der Waals surface area contributed by atoms with Crippen LogP contribution in [0.5, 0.6) is 0 Å². The number of amides is 1. The minimum absolute atomic E-state index is 0.0263. The fraction of sp³-hybridized carbons (Fsp3) is 0.208. The molecule has 4 aromatic rings. The number of hydrogen-bond acceptors (Lipinski definition) is 5. The van der Waals surface area contributed by atoms with Crippen molar-refractivity contribution in [2.45, 2.75) is 31.8 Å². The molecular formula is C24H21BrN4OS. The number of aromatic nitrogens is 2. The largest absolute Gasteiger partial charge is 0.367 e. The number of rotatable bonds is 7. The summed E-state index contributed by atoms with van der Waals surface area (Å²) < 4.78 is 1.04. The summed E-state index contributed by atoms with van der Waals surface area (Å²) in [5, 5.41) is 7.56. The molecule has 2 heterocycles. The number of benzene rings is 2. The summed E-state index contributed by atoms with van der Waals surface area (Å²) in [5.41, 5.74) is 4.22. The van der Waals surface area contributed by atoms with Crippen LogP contribution in [-0.4, -0.2) is 21.9 Å². The van der Waals surface area contributed by atoms with Gasteiger partial charge in [-0.05, 0) is 75.8 Å². The summed E-state index contributed by atoms with van der Waals surface area (Å²) in [6.45, 7) is 0.504. The fourth-order valence-corrected chi connectivity index (χ4v) is 4.98. The number of carbonyl (C=O) groups is 1. The predicted molar refractivity (Wildman–Crippen MR) is 129 cm³/mol. The highest BCUT2D eigenvalue weighted by Gasteiger charge is 2.22. The molecule has 0 saturated heterocycles. The Hall–Kier alpha value is -2.77. The van der Waals surface area contributed by atoms with Crippen LogP contribution in [0.3, 0.4) is 0 Å². The second-order valence-electron chi connectivity index (χ2n) is 7.73. The van der Waals surface area contributed by atoms with E-state index in [1.807, 2.05) is 30.3 Å². The summed E-state index contributed by atoms with van der Waals surface area (Å²) in [7, 11) is 0. The minimum Gasteiger partial charge on any atom is -0.367 e. The first-order chi connectivity index (χ1) is 15.1. The Balaban J connectivity index is 1.32. The Kier molecular flexibility index (Phi) is 5.70. The van der Waals surface area contributed by atoms with Crippen molar-refractivity contribution in [2.75, 3.05) is 5.32 Å². The molecule has 156 valence electrons. The van der Waals surface area contributed by atoms with Crippen LogP contribution in [0, 0.1) is 0 Å². The summed E-state index contributed by atoms with van der Waals surface area (Å²) in [5.74, 6) is 0.927. The van der Waals surface area contributed by atoms with Gasteiger partial charge >= 0.3 is 0 Å². The van der Waals surface area contributed by atoms with Gasteiger partial charge in [-0.3, -0.25) is 4.79 Å². The summed E-state index contributed by atoms with van der Waals surface area (Å²) in [6, 6.07) is 19.0. The molecule has 1 saturated carbocycles. The second-order valence-corrected chi connectivity index (χ2v) is 10.3. The van der Waals surface area contributed by atoms with Crippen molar-refractivity contribution in [3.63, 3.8) is 0 Å². The van der Waals surface area contributed by atoms with Crippen molar-refractivity contribution in [1.29, 1.82) is 0 Å². The first kappa shape index (κ1) is 20.2. The Bertz CT molecular complexity index is 1250. The highest BCUT2D eigenvalue weighted by molar-refractivity contribution is 9.11. The Labute approximate surface area is 193 Å². The molecule has 2 aromatic heterocycles. The van der Waals surface area contributed by atoms with Gasteiger partial charge in [0, 0.05) is 22.8 Å². The highest BCUT2D eigenvalue weighted by Crippen LogP contribution is 2.30. The number of hydrogen-bond donors (Lipinski definition) is 2. The van der Waals surface area contributed by atoms with E-state index in [2.05, 4.69) is 60.8 Å². The molecule has 2 N–H and O–H groups in total. The molecule has 5 nitrogen and oxygen atoms in total. The van der Waals surface area contributed by atoms with Gasteiger partial charge in [-0.1, -0.05) is 24.3 Å². The zero-order valence-corrected chi connectivity index (χ0v) is 19.2. The molecule has 0 atom stereocenters. The van der Waals surface area contributed by atoms with Crippen molar-refractivity contribution < 1.29 is 4.79 Å². The third-order valence-electron chi connectivity index (χ3n) is 5.27. The lowest BCUT2D eigenvalue weighted by Gasteiger charge is -2.10. The summed E-state index contributed by atoms with van der Waals surface area (Å²) in [6.07, 6.45) is 4.41. The number of fused-ring (bicyclic) bond motifs is 1. The number of anilines is 1. The molecule has 7 heteroatoms. The Morgan fingerprint density at radius 3 is 2.74 bits per heavy atom. The molecule has 31 heavy (non-hydrogen) atoms. The third-order valence-corrected chi connectivity index (χ3v) is 6.89. The third kappa shape index (κ3) is 4.94. The van der Waals surface area contributed by atoms with Crippen LogP contribution in [-0.2, 0) is 17.8 Å². The normalized spacial score (nSPS) is 13.3. The summed E-state index contributed by atoms with van der Waals surface area (Å²) in [4.78, 5) is 22.2. The quantitative estimate of drug-likeness (QED) is 0.354. The predicted octanol–water partition coefficient (Wildman–Crippen LogP) is 5.55. The van der Waals surface area contributed by atoms with Crippen LogP contribution >= 0.6 is 27.3 Å². The van der Waals surface area contributed by atoms with E-state index in [-0.39, 0.29) is 5.91 Å². The smallest absolute Gasteiger partial charge is 0.225 e. The maximum Gasteiger partial charge on any atom is 0.225 e. The maximum absolute atomic E-state index is 12.3. The maximum atomic E-state index is 12.3. The van der Waals surface area contributed by atoms with E-state index < -0.39 is 0 Å². The first-order valence-electron chi connectivity index (χ1n) is 10.3. The topological polar surface area (TPSA) is 66.9 Å². The van der Waals surface area contributed by atoms with Crippen molar-refractivity contribution in [1.82, 2.24) is 15.3 Å². The number of thiophene rings is 1. The second kappa shape index (κ2) is 8.77. The van der Waals surface area contributed by atoms with Gasteiger partial charge in [0.15, 0.2) is 0 Å². The number of carbonyl (C=O) groups excluding carboxylic acids is 1. The molecule has 1 aliphatic carbocycles. The standard InChI is InChI=1S/C24H21BrN4OS/c25-22-9-7-19(31-22)12-23(30)26-13-15-2-1-3-16(10-15)17-4-8-21-20(11-17)24(28-14-27-21)29-18-5-6-18/h1-4,7-11,14,18H,5-6,12-13H2,(H,26,30)(H,27,28,29). The van der Waals surface area contributed by atoms with Crippen molar-refractivity contribution in [3.8, 4) is 11.1 Å². The van der Waals surface area contributed by atoms with E-state index in [4.69, 9.17) is 0 Å². The van der Waals surface area contributed by atoms with Gasteiger partial charge in [-0.2, -0.15) is 0 Å². The zero-order chi connectivity index (χ0) is 21.2. The summed E-state index contributed by atoms with van der Waals surface area (Å²) >= 11 is 5.02. The van der Waals surface area contributed by atoms with Crippen LogP contribution in [0.25, 0.3) is 22.0 Å². The SMILES string of the molecule is O=C(Cc1ccc(Br)s1)NCc1cccc(-c2ccc3ncnc(NC4CC4)c3c2)c1. The average Bonchev–Trinajstić information content (AvgIpc) is 3.51. The van der Waals surface area contributed by atoms with Gasteiger partial charge in [-0.15, -0.1) is 11.3 Å². The van der Waals surface area contributed by atoms with E-state index >= 15 is 0 Å². The van der Waals surface area contributed by atoms with Gasteiger partial charge in [0.05, 0.1) is 15.7 Å². The monoisotopic (exact) mass is 492 g/mol. The zero-order valence-electron chi connectivity index (χ0n) is 16.8. The molecule has 1 amide bonds. The van der Waals surface area contributed by atoms with E-state index in [1.165, 1.54) is 12.8 Å². The molecule has 2 aromatic carbocycles. The molecule has 1 aliphatic rings. The lowest BCUT2D eigenvalue weighted by atomic mass is 10.0. The Morgan fingerprint density at radius 2 is 1.94 bits per heavy atom. The van der Waals surface area contributed by atoms with E-state index in [0.29, 0.717) is 19.0 Å². The molecule has 1 fully saturated rings. The van der Waals surface area contributed by atoms with Crippen molar-refractivity contribution in [2.24, 2.45) is 0 Å². The van der Waals surface area contributed by atoms with Gasteiger partial charge in [-0.25, -0.2) is 9.97 Å². The van der Waals surface area contributed by atoms with Gasteiger partial charge in [0.25, 0.3) is 0 Å². The lowest BCUT2D eigenvalue weighted by Crippen LogP contribution is -2.24. The van der Waals surface area contributed by atoms with E-state index in [9.17, 15) is 4.79 Å². The molecule has 0 spiro atoms. The fourth-order valence-electron chi connectivity index (χ4n) is 3.50. The molecule has 5 rings (SSSR count). The van der Waals surface area contributed by atoms with Crippen molar-refractivity contribution in [3.05, 3.63) is 75.2 Å². The molecule has 0 bridgehead atoms. The van der Waals surface area contributed by atoms with Crippen molar-refractivity contribution >= 4 is 49.9 Å². The Morgan fingerprint density at radius 1 is 1.06 bits per heavy atom. The molecular weight excluding hydrogens is 472 g/mol. The van der Waals surface area contributed by atoms with Crippen LogP contribution < -0.4 is 10.6 Å². The van der Waals surface area contributed by atoms with Crippen LogP contribution in [0.1, 0.15) is 23.3 Å². The van der Waals surface area contributed by atoms with Gasteiger partial charge < -0.3 is 10.6 Å². The minimum atomic E-state index is 0.0263. The van der Waals surface area contributed by atoms with Gasteiger partial charge in [0.2, 0.25) is 5.91 Å². The number of nitrogens with zero attached hydrogens (tertiary/aromatic N) is 2. The van der Waals surface area contributed by atoms with E-state index in [1.54, 1.807) is 17.7 Å². The molecule has 0 aliphatic heterocycles. The van der Waals surface area contributed by atoms with Crippen LogP contribution in [0.15, 0.2) is 64.7 Å². The first-order valence-corrected chi connectivity index (χ1v) is 11.9. The lowest BCUT2D eigenvalue weighted by molar-refractivity contribution is -0.120.